The van der Waals surface area contributed by atoms with Crippen LogP contribution in [0, 0.1) is 0 Å². The monoisotopic (exact) mass is 464 g/mol. The van der Waals surface area contributed by atoms with Crippen LogP contribution in [0.5, 0.6) is 11.5 Å². The lowest BCUT2D eigenvalue weighted by Gasteiger charge is -2.32. The van der Waals surface area contributed by atoms with E-state index < -0.39 is 12.8 Å². The number of amides is 1. The fraction of sp³-hybridized carbons (Fsp3) is 0.333. The predicted octanol–water partition coefficient (Wildman–Crippen LogP) is 4.76. The number of aromatic nitrogens is 1. The van der Waals surface area contributed by atoms with Crippen molar-refractivity contribution < 1.29 is 28.6 Å². The van der Waals surface area contributed by atoms with Crippen LogP contribution in [0.25, 0.3) is 10.2 Å². The van der Waals surface area contributed by atoms with Crippen LogP contribution in [0.1, 0.15) is 42.6 Å². The smallest absolute Gasteiger partial charge is 0.335 e. The van der Waals surface area contributed by atoms with Gasteiger partial charge in [-0.2, -0.15) is 0 Å². The zero-order valence-electron chi connectivity index (χ0n) is 17.7. The Hall–Kier alpha value is -2.45. The highest BCUT2D eigenvalue weighted by molar-refractivity contribution is 7.53. The van der Waals surface area contributed by atoms with Crippen molar-refractivity contribution in [3.63, 3.8) is 0 Å². The van der Waals surface area contributed by atoms with Crippen LogP contribution in [0.4, 0.5) is 5.13 Å². The van der Waals surface area contributed by atoms with Crippen LogP contribution in [-0.4, -0.2) is 34.9 Å². The largest absolute Gasteiger partial charge is 0.497 e. The van der Waals surface area contributed by atoms with Crippen molar-refractivity contribution in [1.29, 1.82) is 0 Å². The molecule has 0 saturated carbocycles. The zero-order chi connectivity index (χ0) is 22.8. The molecule has 0 aliphatic carbocycles. The third-order valence-electron chi connectivity index (χ3n) is 5.52. The summed E-state index contributed by atoms with van der Waals surface area (Å²) in [6, 6.07) is 9.88. The molecular weight excluding hydrogens is 439 g/mol. The van der Waals surface area contributed by atoms with Crippen molar-refractivity contribution >= 4 is 40.2 Å². The summed E-state index contributed by atoms with van der Waals surface area (Å²) in [4.78, 5) is 37.0. The van der Waals surface area contributed by atoms with Crippen LogP contribution in [0.3, 0.4) is 0 Å². The van der Waals surface area contributed by atoms with Gasteiger partial charge in [0.25, 0.3) is 5.91 Å². The number of ether oxygens (including phenoxy) is 2. The van der Waals surface area contributed by atoms with Gasteiger partial charge in [-0.1, -0.05) is 37.3 Å². The number of nitrogens with zero attached hydrogens (tertiary/aromatic N) is 1. The SMILES string of the molecule is CCC(CC)(c1ccc(C(=O)Nc2nc3c(OC)cc(OC)cc3s2)cc1)P(=O)(O)O. The summed E-state index contributed by atoms with van der Waals surface area (Å²) in [6.07, 6.45) is 0.576. The molecule has 10 heteroatoms. The fourth-order valence-corrected chi connectivity index (χ4v) is 5.86. The van der Waals surface area contributed by atoms with E-state index in [1.54, 1.807) is 51.3 Å². The molecule has 0 radical (unpaired) electrons. The van der Waals surface area contributed by atoms with Crippen molar-refractivity contribution in [1.82, 2.24) is 4.98 Å². The summed E-state index contributed by atoms with van der Waals surface area (Å²) in [5.74, 6) is 0.802. The van der Waals surface area contributed by atoms with Crippen LogP contribution in [0.2, 0.25) is 0 Å². The van der Waals surface area contributed by atoms with E-state index in [0.29, 0.717) is 33.3 Å². The molecule has 0 atom stereocenters. The number of hydrogen-bond acceptors (Lipinski definition) is 6. The number of rotatable bonds is 8. The molecule has 3 aromatic rings. The second-order valence-corrected chi connectivity index (χ2v) is 9.98. The van der Waals surface area contributed by atoms with Gasteiger partial charge in [0.2, 0.25) is 0 Å². The second-order valence-electron chi connectivity index (χ2n) is 7.01. The van der Waals surface area contributed by atoms with Crippen LogP contribution < -0.4 is 14.8 Å². The Morgan fingerprint density at radius 1 is 1.13 bits per heavy atom. The van der Waals surface area contributed by atoms with Crippen LogP contribution in [0.15, 0.2) is 36.4 Å². The summed E-state index contributed by atoms with van der Waals surface area (Å²) in [5, 5.41) is 1.92. The number of carbonyl (C=O) groups excluding carboxylic acids is 1. The van der Waals surface area contributed by atoms with E-state index in [4.69, 9.17) is 9.47 Å². The summed E-state index contributed by atoms with van der Waals surface area (Å²) in [5.41, 5.74) is 1.50. The number of fused-ring (bicyclic) bond motifs is 1. The number of carbonyl (C=O) groups is 1. The molecule has 0 fully saturated rings. The fourth-order valence-electron chi connectivity index (χ4n) is 3.64. The number of anilines is 1. The maximum Gasteiger partial charge on any atom is 0.335 e. The van der Waals surface area contributed by atoms with Gasteiger partial charge in [0.05, 0.1) is 24.1 Å². The molecule has 31 heavy (non-hydrogen) atoms. The van der Waals surface area contributed by atoms with E-state index in [0.717, 1.165) is 4.70 Å². The van der Waals surface area contributed by atoms with E-state index >= 15 is 0 Å². The first kappa shape index (κ1) is 23.2. The highest BCUT2D eigenvalue weighted by Gasteiger charge is 2.45. The average molecular weight is 464 g/mol. The maximum atomic E-state index is 12.7. The first-order chi connectivity index (χ1) is 14.7. The Balaban J connectivity index is 1.87. The molecular formula is C21H25N2O6PS. The molecule has 1 aromatic heterocycles. The van der Waals surface area contributed by atoms with Crippen LogP contribution in [-0.2, 0) is 9.72 Å². The standard InChI is InChI=1S/C21H25N2O6PS/c1-5-21(6-2,30(25,26)27)14-9-7-13(8-10-14)19(24)23-20-22-18-16(29-4)11-15(28-3)12-17(18)31-20/h7-12H,5-6H2,1-4H3,(H,22,23,24)(H2,25,26,27). The van der Waals surface area contributed by atoms with Crippen LogP contribution >= 0.6 is 18.9 Å². The molecule has 166 valence electrons. The third kappa shape index (κ3) is 4.32. The van der Waals surface area contributed by atoms with Crippen molar-refractivity contribution in [2.75, 3.05) is 19.5 Å². The molecule has 3 N–H and O–H groups in total. The van der Waals surface area contributed by atoms with Crippen molar-refractivity contribution in [3.8, 4) is 11.5 Å². The van der Waals surface area contributed by atoms with Gasteiger partial charge in [0, 0.05) is 11.6 Å². The Bertz CT molecular complexity index is 1130. The molecule has 0 bridgehead atoms. The first-order valence-electron chi connectivity index (χ1n) is 9.69. The average Bonchev–Trinajstić information content (AvgIpc) is 3.15. The number of nitrogens with one attached hydrogen (secondary N) is 1. The van der Waals surface area contributed by atoms with Gasteiger partial charge in [0.15, 0.2) is 5.13 Å². The highest BCUT2D eigenvalue weighted by Crippen LogP contribution is 2.60. The lowest BCUT2D eigenvalue weighted by molar-refractivity contribution is 0.102. The van der Waals surface area contributed by atoms with Gasteiger partial charge in [-0.15, -0.1) is 0 Å². The van der Waals surface area contributed by atoms with E-state index in [9.17, 15) is 19.1 Å². The van der Waals surface area contributed by atoms with E-state index in [1.165, 1.54) is 18.4 Å². The molecule has 3 rings (SSSR count). The van der Waals surface area contributed by atoms with Crippen molar-refractivity contribution in [2.45, 2.75) is 31.8 Å². The molecule has 0 saturated heterocycles. The topological polar surface area (TPSA) is 118 Å². The number of methoxy groups -OCH3 is 2. The lowest BCUT2D eigenvalue weighted by Crippen LogP contribution is -2.24. The summed E-state index contributed by atoms with van der Waals surface area (Å²) in [7, 11) is -1.28. The maximum absolute atomic E-state index is 12.7. The van der Waals surface area contributed by atoms with E-state index in [1.807, 2.05) is 6.07 Å². The molecule has 1 heterocycles. The van der Waals surface area contributed by atoms with Gasteiger partial charge in [-0.3, -0.25) is 14.7 Å². The van der Waals surface area contributed by atoms with Gasteiger partial charge in [-0.25, -0.2) is 4.98 Å². The quantitative estimate of drug-likeness (QED) is 0.411. The molecule has 8 nitrogen and oxygen atoms in total. The molecule has 2 aromatic carbocycles. The Kier molecular flexibility index (Phi) is 6.71. The number of benzene rings is 2. The van der Waals surface area contributed by atoms with E-state index in [-0.39, 0.29) is 18.7 Å². The van der Waals surface area contributed by atoms with Crippen molar-refractivity contribution in [3.05, 3.63) is 47.5 Å². The molecule has 0 aliphatic rings. The van der Waals surface area contributed by atoms with E-state index in [2.05, 4.69) is 10.3 Å². The minimum absolute atomic E-state index is 0.288. The normalized spacial score (nSPS) is 12.1. The molecule has 0 aliphatic heterocycles. The molecule has 1 amide bonds. The Morgan fingerprint density at radius 3 is 2.29 bits per heavy atom. The van der Waals surface area contributed by atoms with Gasteiger partial charge < -0.3 is 19.3 Å². The third-order valence-corrected chi connectivity index (χ3v) is 8.44. The Morgan fingerprint density at radius 2 is 1.77 bits per heavy atom. The molecule has 0 spiro atoms. The van der Waals surface area contributed by atoms with Gasteiger partial charge >= 0.3 is 7.60 Å². The minimum Gasteiger partial charge on any atom is -0.497 e. The number of thiazole rings is 1. The Labute approximate surface area is 184 Å². The van der Waals surface area contributed by atoms with Gasteiger partial charge in [0.1, 0.15) is 17.0 Å². The zero-order valence-corrected chi connectivity index (χ0v) is 19.4. The predicted molar refractivity (Wildman–Crippen MR) is 121 cm³/mol. The first-order valence-corrected chi connectivity index (χ1v) is 12.1. The highest BCUT2D eigenvalue weighted by atomic mass is 32.1. The second kappa shape index (κ2) is 8.96. The van der Waals surface area contributed by atoms with Gasteiger partial charge in [-0.05, 0) is 36.6 Å². The molecule has 0 unspecified atom stereocenters. The van der Waals surface area contributed by atoms with Crippen molar-refractivity contribution in [2.24, 2.45) is 0 Å². The summed E-state index contributed by atoms with van der Waals surface area (Å²) < 4.78 is 23.6. The number of hydrogen-bond donors (Lipinski definition) is 3. The summed E-state index contributed by atoms with van der Waals surface area (Å²) in [6.45, 7) is 3.50. The summed E-state index contributed by atoms with van der Waals surface area (Å²) >= 11 is 1.29. The minimum atomic E-state index is -4.38. The lowest BCUT2D eigenvalue weighted by atomic mass is 9.92.